The van der Waals surface area contributed by atoms with Gasteiger partial charge in [-0.05, 0) is 24.3 Å². The molecule has 2 rings (SSSR count). The summed E-state index contributed by atoms with van der Waals surface area (Å²) in [4.78, 5) is 23.2. The Balaban J connectivity index is 2.42. The van der Waals surface area contributed by atoms with Gasteiger partial charge in [-0.25, -0.2) is 18.0 Å². The first-order chi connectivity index (χ1) is 12.3. The predicted molar refractivity (Wildman–Crippen MR) is 92.9 cm³/mol. The summed E-state index contributed by atoms with van der Waals surface area (Å²) in [6.45, 7) is 0. The molecule has 26 heavy (non-hydrogen) atoms. The standard InChI is InChI=1S/C17H17NO7S/c1-23-14-10-11(8-9-12(14)16(19)24-2)18-26(21,22)15-7-5-4-6-13(15)17(20)25-3/h4-10,18H,1-3H3. The molecule has 9 heteroatoms. The molecule has 0 atom stereocenters. The first-order valence-corrected chi connectivity index (χ1v) is 8.79. The number of ether oxygens (including phenoxy) is 3. The lowest BCUT2D eigenvalue weighted by Crippen LogP contribution is -2.17. The third kappa shape index (κ3) is 3.94. The van der Waals surface area contributed by atoms with Crippen LogP contribution in [0.25, 0.3) is 0 Å². The van der Waals surface area contributed by atoms with Crippen molar-refractivity contribution in [2.75, 3.05) is 26.1 Å². The Morgan fingerprint density at radius 2 is 1.50 bits per heavy atom. The van der Waals surface area contributed by atoms with Gasteiger partial charge in [0, 0.05) is 6.07 Å². The highest BCUT2D eigenvalue weighted by atomic mass is 32.2. The summed E-state index contributed by atoms with van der Waals surface area (Å²) >= 11 is 0. The van der Waals surface area contributed by atoms with Crippen LogP contribution >= 0.6 is 0 Å². The zero-order valence-electron chi connectivity index (χ0n) is 14.3. The Morgan fingerprint density at radius 3 is 2.12 bits per heavy atom. The van der Waals surface area contributed by atoms with Crippen molar-refractivity contribution in [2.45, 2.75) is 4.90 Å². The Bertz CT molecular complexity index is 938. The zero-order valence-corrected chi connectivity index (χ0v) is 15.1. The van der Waals surface area contributed by atoms with Crippen molar-refractivity contribution in [3.05, 3.63) is 53.6 Å². The summed E-state index contributed by atoms with van der Waals surface area (Å²) < 4.78 is 42.0. The van der Waals surface area contributed by atoms with E-state index in [1.807, 2.05) is 0 Å². The minimum Gasteiger partial charge on any atom is -0.496 e. The summed E-state index contributed by atoms with van der Waals surface area (Å²) in [5, 5.41) is 0. The third-order valence-corrected chi connectivity index (χ3v) is 4.88. The number of hydrogen-bond donors (Lipinski definition) is 1. The second-order valence-corrected chi connectivity index (χ2v) is 6.65. The molecule has 0 aliphatic rings. The van der Waals surface area contributed by atoms with Gasteiger partial charge in [0.2, 0.25) is 0 Å². The van der Waals surface area contributed by atoms with Gasteiger partial charge in [0.1, 0.15) is 16.2 Å². The average Bonchev–Trinajstić information content (AvgIpc) is 2.66. The molecule has 0 amide bonds. The Labute approximate surface area is 150 Å². The molecule has 2 aromatic carbocycles. The van der Waals surface area contributed by atoms with E-state index in [9.17, 15) is 18.0 Å². The summed E-state index contributed by atoms with van der Waals surface area (Å²) in [5.74, 6) is -1.25. The highest BCUT2D eigenvalue weighted by Crippen LogP contribution is 2.26. The number of methoxy groups -OCH3 is 3. The molecule has 0 radical (unpaired) electrons. The fraction of sp³-hybridized carbons (Fsp3) is 0.176. The molecule has 0 fully saturated rings. The number of esters is 2. The molecule has 0 aliphatic carbocycles. The summed E-state index contributed by atoms with van der Waals surface area (Å²) in [7, 11) is -0.359. The van der Waals surface area contributed by atoms with Crippen molar-refractivity contribution in [1.82, 2.24) is 0 Å². The van der Waals surface area contributed by atoms with Gasteiger partial charge in [-0.1, -0.05) is 12.1 Å². The third-order valence-electron chi connectivity index (χ3n) is 3.44. The van der Waals surface area contributed by atoms with Crippen molar-refractivity contribution < 1.29 is 32.2 Å². The molecular formula is C17H17NO7S. The maximum atomic E-state index is 12.7. The van der Waals surface area contributed by atoms with E-state index in [4.69, 9.17) is 4.74 Å². The largest absolute Gasteiger partial charge is 0.496 e. The minimum absolute atomic E-state index is 0.0966. The van der Waals surface area contributed by atoms with E-state index < -0.39 is 22.0 Å². The van der Waals surface area contributed by atoms with Crippen molar-refractivity contribution in [3.8, 4) is 5.75 Å². The predicted octanol–water partition coefficient (Wildman–Crippen LogP) is 2.07. The van der Waals surface area contributed by atoms with Gasteiger partial charge in [-0.2, -0.15) is 0 Å². The fourth-order valence-corrected chi connectivity index (χ4v) is 3.47. The summed E-state index contributed by atoms with van der Waals surface area (Å²) in [5.41, 5.74) is 0.197. The number of benzene rings is 2. The maximum absolute atomic E-state index is 12.7. The lowest BCUT2D eigenvalue weighted by molar-refractivity contribution is 0.0587. The van der Waals surface area contributed by atoms with E-state index in [0.717, 1.165) is 7.11 Å². The van der Waals surface area contributed by atoms with E-state index in [-0.39, 0.29) is 27.5 Å². The smallest absolute Gasteiger partial charge is 0.341 e. The molecule has 0 unspecified atom stereocenters. The highest BCUT2D eigenvalue weighted by Gasteiger charge is 2.23. The van der Waals surface area contributed by atoms with Gasteiger partial charge in [-0.15, -0.1) is 0 Å². The molecule has 8 nitrogen and oxygen atoms in total. The van der Waals surface area contributed by atoms with Crippen LogP contribution in [0.5, 0.6) is 5.75 Å². The minimum atomic E-state index is -4.09. The lowest BCUT2D eigenvalue weighted by Gasteiger charge is -2.13. The fourth-order valence-electron chi connectivity index (χ4n) is 2.22. The van der Waals surface area contributed by atoms with Gasteiger partial charge in [0.25, 0.3) is 10.0 Å². The number of sulfonamides is 1. The van der Waals surface area contributed by atoms with Crippen LogP contribution in [-0.4, -0.2) is 41.7 Å². The van der Waals surface area contributed by atoms with Crippen LogP contribution in [0.2, 0.25) is 0 Å². The van der Waals surface area contributed by atoms with E-state index >= 15 is 0 Å². The Hall–Kier alpha value is -3.07. The molecule has 0 spiro atoms. The molecule has 0 heterocycles. The van der Waals surface area contributed by atoms with Gasteiger partial charge in [0.15, 0.2) is 0 Å². The van der Waals surface area contributed by atoms with Gasteiger partial charge < -0.3 is 14.2 Å². The van der Waals surface area contributed by atoms with E-state index in [1.54, 1.807) is 0 Å². The summed E-state index contributed by atoms with van der Waals surface area (Å²) in [6, 6.07) is 9.74. The van der Waals surface area contributed by atoms with Gasteiger partial charge >= 0.3 is 11.9 Å². The van der Waals surface area contributed by atoms with Crippen molar-refractivity contribution in [3.63, 3.8) is 0 Å². The topological polar surface area (TPSA) is 108 Å². The van der Waals surface area contributed by atoms with Crippen molar-refractivity contribution in [1.29, 1.82) is 0 Å². The SMILES string of the molecule is COC(=O)c1ccc(NS(=O)(=O)c2ccccc2C(=O)OC)cc1OC. The van der Waals surface area contributed by atoms with Gasteiger partial charge in [0.05, 0.1) is 32.6 Å². The molecular weight excluding hydrogens is 362 g/mol. The van der Waals surface area contributed by atoms with Crippen LogP contribution in [0.1, 0.15) is 20.7 Å². The molecule has 0 saturated carbocycles. The molecule has 2 aromatic rings. The second kappa shape index (κ2) is 7.87. The molecule has 0 saturated heterocycles. The number of carbonyl (C=O) groups excluding carboxylic acids is 2. The van der Waals surface area contributed by atoms with Crippen LogP contribution in [0.4, 0.5) is 5.69 Å². The molecule has 138 valence electrons. The van der Waals surface area contributed by atoms with Crippen molar-refractivity contribution in [2.24, 2.45) is 0 Å². The number of anilines is 1. The van der Waals surface area contributed by atoms with Crippen LogP contribution < -0.4 is 9.46 Å². The number of rotatable bonds is 6. The Kier molecular flexibility index (Phi) is 5.83. The van der Waals surface area contributed by atoms with Crippen LogP contribution in [0.15, 0.2) is 47.4 Å². The maximum Gasteiger partial charge on any atom is 0.341 e. The van der Waals surface area contributed by atoms with E-state index in [1.165, 1.54) is 56.7 Å². The molecule has 0 aromatic heterocycles. The van der Waals surface area contributed by atoms with E-state index in [0.29, 0.717) is 0 Å². The van der Waals surface area contributed by atoms with Crippen LogP contribution in [0, 0.1) is 0 Å². The van der Waals surface area contributed by atoms with Crippen LogP contribution in [0.3, 0.4) is 0 Å². The van der Waals surface area contributed by atoms with Gasteiger partial charge in [-0.3, -0.25) is 4.72 Å². The second-order valence-electron chi connectivity index (χ2n) is 5.00. The first-order valence-electron chi connectivity index (χ1n) is 7.30. The first kappa shape index (κ1) is 19.3. The zero-order chi connectivity index (χ0) is 19.3. The summed E-state index contributed by atoms with van der Waals surface area (Å²) in [6.07, 6.45) is 0. The average molecular weight is 379 g/mol. The molecule has 0 bridgehead atoms. The normalized spacial score (nSPS) is 10.7. The highest BCUT2D eigenvalue weighted by molar-refractivity contribution is 7.92. The van der Waals surface area contributed by atoms with Crippen molar-refractivity contribution >= 4 is 27.6 Å². The number of carbonyl (C=O) groups is 2. The van der Waals surface area contributed by atoms with Crippen LogP contribution in [-0.2, 0) is 19.5 Å². The molecule has 0 aliphatic heterocycles. The number of nitrogens with one attached hydrogen (secondary N) is 1. The lowest BCUT2D eigenvalue weighted by atomic mass is 10.2. The van der Waals surface area contributed by atoms with E-state index in [2.05, 4.69) is 14.2 Å². The quantitative estimate of drug-likeness (QED) is 0.766. The molecule has 1 N–H and O–H groups in total. The Morgan fingerprint density at radius 1 is 0.885 bits per heavy atom. The number of hydrogen-bond acceptors (Lipinski definition) is 7. The monoisotopic (exact) mass is 379 g/mol.